The number of benzene rings is 2. The Morgan fingerprint density at radius 1 is 0.875 bits per heavy atom. The lowest BCUT2D eigenvalue weighted by molar-refractivity contribution is -0.113. The predicted octanol–water partition coefficient (Wildman–Crippen LogP) is 7.93. The molecule has 1 unspecified atom stereocenters. The minimum atomic E-state index is -0.153. The summed E-state index contributed by atoms with van der Waals surface area (Å²) in [5.41, 5.74) is 3.28. The molecule has 1 aromatic heterocycles. The van der Waals surface area contributed by atoms with Crippen molar-refractivity contribution >= 4 is 16.9 Å². The van der Waals surface area contributed by atoms with Gasteiger partial charge in [-0.2, -0.15) is 0 Å². The van der Waals surface area contributed by atoms with E-state index in [1.54, 1.807) is 0 Å². The molecule has 0 saturated heterocycles. The molecule has 3 rings (SSSR count). The Labute approximate surface area is 196 Å². The van der Waals surface area contributed by atoms with Crippen molar-refractivity contribution in [1.82, 2.24) is 4.98 Å². The quantitative estimate of drug-likeness (QED) is 0.368. The summed E-state index contributed by atoms with van der Waals surface area (Å²) in [4.78, 5) is 18.0. The van der Waals surface area contributed by atoms with Crippen LogP contribution in [0.25, 0.3) is 0 Å². The van der Waals surface area contributed by atoms with Gasteiger partial charge in [0.1, 0.15) is 5.75 Å². The molecular formula is C28H33NO2S. The Kier molecular flexibility index (Phi) is 7.78. The lowest BCUT2D eigenvalue weighted by atomic mass is 9.84. The monoisotopic (exact) mass is 447 g/mol. The lowest BCUT2D eigenvalue weighted by Crippen LogP contribution is -2.17. The van der Waals surface area contributed by atoms with Crippen LogP contribution in [-0.2, 0) is 10.2 Å². The van der Waals surface area contributed by atoms with Crippen molar-refractivity contribution in [3.8, 4) is 11.6 Å². The van der Waals surface area contributed by atoms with E-state index in [0.717, 1.165) is 17.0 Å². The average Bonchev–Trinajstić information content (AvgIpc) is 2.74. The Morgan fingerprint density at radius 2 is 1.53 bits per heavy atom. The maximum absolute atomic E-state index is 13.3. The van der Waals surface area contributed by atoms with Crippen molar-refractivity contribution in [2.45, 2.75) is 58.1 Å². The summed E-state index contributed by atoms with van der Waals surface area (Å²) in [6.07, 6.45) is 0. The van der Waals surface area contributed by atoms with Crippen molar-refractivity contribution in [1.29, 1.82) is 0 Å². The Morgan fingerprint density at radius 3 is 2.12 bits per heavy atom. The molecule has 4 heteroatoms. The third-order valence-electron chi connectivity index (χ3n) is 5.48. The first kappa shape index (κ1) is 24.1. The average molecular weight is 448 g/mol. The van der Waals surface area contributed by atoms with Crippen molar-refractivity contribution < 1.29 is 9.53 Å². The SMILES string of the molecule is CC(C)C(C(=O)S[C@@H](C)c1cccc(Oc2ccccc2)n1)c1ccc(C(C)(C)C)cc1. The lowest BCUT2D eigenvalue weighted by Gasteiger charge is -2.24. The highest BCUT2D eigenvalue weighted by Crippen LogP contribution is 2.37. The molecule has 0 aliphatic rings. The van der Waals surface area contributed by atoms with Gasteiger partial charge in [-0.15, -0.1) is 0 Å². The van der Waals surface area contributed by atoms with Crippen LogP contribution in [0.1, 0.15) is 69.5 Å². The molecule has 3 aromatic rings. The first-order chi connectivity index (χ1) is 15.1. The summed E-state index contributed by atoms with van der Waals surface area (Å²) < 4.78 is 5.86. The van der Waals surface area contributed by atoms with Crippen LogP contribution in [0, 0.1) is 5.92 Å². The third-order valence-corrected chi connectivity index (χ3v) is 6.56. The second-order valence-corrected chi connectivity index (χ2v) is 10.8. The van der Waals surface area contributed by atoms with Gasteiger partial charge >= 0.3 is 0 Å². The van der Waals surface area contributed by atoms with Gasteiger partial charge < -0.3 is 4.74 Å². The van der Waals surface area contributed by atoms with Gasteiger partial charge in [0.05, 0.1) is 16.9 Å². The van der Waals surface area contributed by atoms with Gasteiger partial charge in [-0.1, -0.05) is 94.9 Å². The van der Waals surface area contributed by atoms with E-state index < -0.39 is 0 Å². The van der Waals surface area contributed by atoms with Gasteiger partial charge in [-0.3, -0.25) is 4.79 Å². The summed E-state index contributed by atoms with van der Waals surface area (Å²) in [5, 5.41) is 0.101. The zero-order valence-corrected chi connectivity index (χ0v) is 20.6. The van der Waals surface area contributed by atoms with E-state index in [2.05, 4.69) is 63.9 Å². The van der Waals surface area contributed by atoms with E-state index in [9.17, 15) is 4.79 Å². The fourth-order valence-electron chi connectivity index (χ4n) is 3.61. The molecule has 0 fully saturated rings. The van der Waals surface area contributed by atoms with E-state index >= 15 is 0 Å². The second kappa shape index (κ2) is 10.4. The van der Waals surface area contributed by atoms with Gasteiger partial charge in [0.2, 0.25) is 5.88 Å². The highest BCUT2D eigenvalue weighted by molar-refractivity contribution is 8.13. The maximum atomic E-state index is 13.3. The minimum absolute atomic E-state index is 0.0723. The molecule has 0 radical (unpaired) electrons. The maximum Gasteiger partial charge on any atom is 0.219 e. The van der Waals surface area contributed by atoms with E-state index in [4.69, 9.17) is 4.74 Å². The van der Waals surface area contributed by atoms with Crippen LogP contribution < -0.4 is 4.74 Å². The number of carbonyl (C=O) groups is 1. The number of hydrogen-bond donors (Lipinski definition) is 0. The molecule has 0 amide bonds. The van der Waals surface area contributed by atoms with Crippen molar-refractivity contribution in [2.75, 3.05) is 0 Å². The topological polar surface area (TPSA) is 39.2 Å². The van der Waals surface area contributed by atoms with Crippen LogP contribution in [0.4, 0.5) is 0 Å². The normalized spacial score (nSPS) is 13.6. The van der Waals surface area contributed by atoms with Crippen LogP contribution in [0.5, 0.6) is 11.6 Å². The largest absolute Gasteiger partial charge is 0.439 e. The summed E-state index contributed by atoms with van der Waals surface area (Å²) in [6, 6.07) is 23.8. The van der Waals surface area contributed by atoms with Gasteiger partial charge in [0.15, 0.2) is 5.12 Å². The fourth-order valence-corrected chi connectivity index (χ4v) is 4.77. The summed E-state index contributed by atoms with van der Waals surface area (Å²) in [7, 11) is 0. The number of pyridine rings is 1. The molecule has 0 aliphatic heterocycles. The molecule has 0 saturated carbocycles. The molecule has 1 heterocycles. The van der Waals surface area contributed by atoms with Gasteiger partial charge in [0.25, 0.3) is 0 Å². The van der Waals surface area contributed by atoms with Crippen LogP contribution in [0.2, 0.25) is 0 Å². The van der Waals surface area contributed by atoms with Crippen molar-refractivity contribution in [3.63, 3.8) is 0 Å². The first-order valence-electron chi connectivity index (χ1n) is 11.2. The number of aromatic nitrogens is 1. The van der Waals surface area contributed by atoms with Gasteiger partial charge in [0, 0.05) is 6.07 Å². The van der Waals surface area contributed by atoms with Crippen molar-refractivity contribution in [3.05, 3.63) is 89.6 Å². The second-order valence-electron chi connectivity index (χ2n) is 9.49. The van der Waals surface area contributed by atoms with E-state index in [1.807, 2.05) is 55.5 Å². The van der Waals surface area contributed by atoms with Gasteiger partial charge in [-0.25, -0.2) is 4.98 Å². The van der Waals surface area contributed by atoms with Crippen LogP contribution in [0.3, 0.4) is 0 Å². The zero-order valence-electron chi connectivity index (χ0n) is 19.8. The Balaban J connectivity index is 1.73. The Bertz CT molecular complexity index is 1020. The zero-order chi connectivity index (χ0) is 23.3. The molecule has 0 bridgehead atoms. The molecule has 2 aromatic carbocycles. The summed E-state index contributed by atoms with van der Waals surface area (Å²) >= 11 is 1.35. The number of rotatable bonds is 7. The van der Waals surface area contributed by atoms with Crippen LogP contribution >= 0.6 is 11.8 Å². The molecule has 0 N–H and O–H groups in total. The molecule has 3 nitrogen and oxygen atoms in total. The number of ether oxygens (including phenoxy) is 1. The third kappa shape index (κ3) is 6.23. The smallest absolute Gasteiger partial charge is 0.219 e. The highest BCUT2D eigenvalue weighted by atomic mass is 32.2. The molecule has 32 heavy (non-hydrogen) atoms. The molecule has 2 atom stereocenters. The van der Waals surface area contributed by atoms with Crippen LogP contribution in [0.15, 0.2) is 72.8 Å². The highest BCUT2D eigenvalue weighted by Gasteiger charge is 2.27. The summed E-state index contributed by atoms with van der Waals surface area (Å²) in [6.45, 7) is 12.8. The minimum Gasteiger partial charge on any atom is -0.439 e. The molecular weight excluding hydrogens is 414 g/mol. The molecule has 168 valence electrons. The fraction of sp³-hybridized carbons (Fsp3) is 0.357. The summed E-state index contributed by atoms with van der Waals surface area (Å²) in [5.74, 6) is 1.34. The van der Waals surface area contributed by atoms with Crippen molar-refractivity contribution in [2.24, 2.45) is 5.92 Å². The van der Waals surface area contributed by atoms with E-state index in [-0.39, 0.29) is 27.6 Å². The van der Waals surface area contributed by atoms with Gasteiger partial charge in [-0.05, 0) is 47.6 Å². The number of thioether (sulfide) groups is 1. The Hall–Kier alpha value is -2.59. The molecule has 0 aliphatic carbocycles. The number of nitrogens with zero attached hydrogens (tertiary/aromatic N) is 1. The number of hydrogen-bond acceptors (Lipinski definition) is 4. The number of carbonyl (C=O) groups excluding carboxylic acids is 1. The predicted molar refractivity (Wildman–Crippen MR) is 134 cm³/mol. The molecule has 0 spiro atoms. The van der Waals surface area contributed by atoms with Crippen LogP contribution in [-0.4, -0.2) is 10.1 Å². The first-order valence-corrected chi connectivity index (χ1v) is 12.0. The van der Waals surface area contributed by atoms with E-state index in [0.29, 0.717) is 5.88 Å². The van der Waals surface area contributed by atoms with E-state index in [1.165, 1.54) is 17.3 Å². The standard InChI is InChI=1S/C28H33NO2S/c1-19(2)26(21-15-17-22(18-16-21)28(4,5)6)27(30)32-20(3)24-13-10-14-25(29-24)31-23-11-8-7-9-12-23/h7-20,26H,1-6H3/t20-,26?/m0/s1. The number of para-hydroxylation sites is 1.